The quantitative estimate of drug-likeness (QED) is 0.325. The first kappa shape index (κ1) is 12.1. The second-order valence-corrected chi connectivity index (χ2v) is 1.91. The van der Waals surface area contributed by atoms with Gasteiger partial charge in [-0.05, 0) is 5.92 Å². The van der Waals surface area contributed by atoms with Crippen LogP contribution in [0.2, 0.25) is 0 Å². The zero-order valence-electron chi connectivity index (χ0n) is 5.96. The van der Waals surface area contributed by atoms with Crippen molar-refractivity contribution >= 4 is 12.6 Å². The summed E-state index contributed by atoms with van der Waals surface area (Å²) in [6.45, 7) is 1.88. The molecule has 3 heteroatoms. The molecule has 0 aliphatic heterocycles. The predicted octanol–water partition coefficient (Wildman–Crippen LogP) is -2.20. The summed E-state index contributed by atoms with van der Waals surface area (Å²) in [6.07, 6.45) is 2.68. The molecule has 0 fully saturated rings. The molecule has 0 atom stereocenters. The Morgan fingerprint density at radius 2 is 1.56 bits per heavy atom. The van der Waals surface area contributed by atoms with Crippen LogP contribution in [-0.2, 0) is 9.59 Å². The summed E-state index contributed by atoms with van der Waals surface area (Å²) in [7, 11) is 0. The van der Waals surface area contributed by atoms with Gasteiger partial charge in [-0.2, -0.15) is 0 Å². The Balaban J connectivity index is 0. The van der Waals surface area contributed by atoms with Crippen LogP contribution < -0.4 is 29.6 Å². The minimum Gasteiger partial charge on any atom is -0.303 e. The maximum atomic E-state index is 9.77. The van der Waals surface area contributed by atoms with E-state index in [1.165, 1.54) is 0 Å². The number of carbonyl (C=O) groups excluding carboxylic acids is 2. The Morgan fingerprint density at radius 3 is 1.78 bits per heavy atom. The van der Waals surface area contributed by atoms with Gasteiger partial charge in [-0.3, -0.25) is 0 Å². The summed E-state index contributed by atoms with van der Waals surface area (Å²) < 4.78 is 0. The average Bonchev–Trinajstić information content (AvgIpc) is 1.68. The molecule has 0 spiro atoms. The molecule has 0 aromatic rings. The molecule has 0 unspecified atom stereocenters. The van der Waals surface area contributed by atoms with E-state index in [0.29, 0.717) is 12.8 Å². The summed E-state index contributed by atoms with van der Waals surface area (Å²) in [5.74, 6) is 0.227. The van der Waals surface area contributed by atoms with Gasteiger partial charge in [-0.25, -0.2) is 0 Å². The number of rotatable bonds is 4. The first-order valence-corrected chi connectivity index (χ1v) is 2.68. The molecule has 0 bridgehead atoms. The molecular weight excluding hydrogens is 127 g/mol. The van der Waals surface area contributed by atoms with Crippen LogP contribution >= 0.6 is 0 Å². The zero-order valence-corrected chi connectivity index (χ0v) is 7.96. The van der Waals surface area contributed by atoms with Crippen molar-refractivity contribution in [1.29, 1.82) is 0 Å². The minimum atomic E-state index is 0. The van der Waals surface area contributed by atoms with Gasteiger partial charge in [0.1, 0.15) is 12.6 Å². The molecule has 0 N–H and O–H groups in total. The molecule has 0 aliphatic carbocycles. The van der Waals surface area contributed by atoms with Crippen LogP contribution in [0.5, 0.6) is 0 Å². The zero-order chi connectivity index (χ0) is 6.41. The molecule has 0 aliphatic rings. The van der Waals surface area contributed by atoms with Crippen molar-refractivity contribution in [2.45, 2.75) is 19.8 Å². The molecule has 46 valence electrons. The van der Waals surface area contributed by atoms with E-state index >= 15 is 0 Å². The van der Waals surface area contributed by atoms with Crippen molar-refractivity contribution in [3.8, 4) is 0 Å². The van der Waals surface area contributed by atoms with Crippen LogP contribution in [0.15, 0.2) is 0 Å². The van der Waals surface area contributed by atoms with Gasteiger partial charge in [0.15, 0.2) is 0 Å². The second kappa shape index (κ2) is 8.34. The van der Waals surface area contributed by atoms with Gasteiger partial charge >= 0.3 is 29.6 Å². The van der Waals surface area contributed by atoms with E-state index in [-0.39, 0.29) is 35.5 Å². The fraction of sp³-hybridized carbons (Fsp3) is 0.667. The second-order valence-electron chi connectivity index (χ2n) is 1.91. The number of aldehydes is 2. The molecule has 0 rings (SSSR count). The molecule has 0 radical (unpaired) electrons. The average molecular weight is 137 g/mol. The number of hydrogen-bond donors (Lipinski definition) is 0. The Kier molecular flexibility index (Phi) is 11.2. The monoisotopic (exact) mass is 137 g/mol. The van der Waals surface area contributed by atoms with Gasteiger partial charge in [0.05, 0.1) is 0 Å². The fourth-order valence-electron chi connectivity index (χ4n) is 0.425. The van der Waals surface area contributed by atoms with E-state index in [0.717, 1.165) is 12.6 Å². The van der Waals surface area contributed by atoms with E-state index in [9.17, 15) is 9.59 Å². The van der Waals surface area contributed by atoms with E-state index in [1.54, 1.807) is 0 Å². The molecule has 0 aromatic heterocycles. The van der Waals surface area contributed by atoms with Gasteiger partial charge in [-0.15, -0.1) is 0 Å². The number of hydrogen-bond acceptors (Lipinski definition) is 2. The first-order chi connectivity index (χ1) is 3.81. The minimum absolute atomic E-state index is 0. The maximum Gasteiger partial charge on any atom is 1.00 e. The van der Waals surface area contributed by atoms with Crippen molar-refractivity contribution in [2.75, 3.05) is 0 Å². The van der Waals surface area contributed by atoms with Crippen LogP contribution in [0.4, 0.5) is 0 Å². The molecular formula is C6H10NaO2+. The van der Waals surface area contributed by atoms with Crippen LogP contribution in [0.1, 0.15) is 19.8 Å². The predicted molar refractivity (Wildman–Crippen MR) is 30.5 cm³/mol. The molecule has 0 amide bonds. The van der Waals surface area contributed by atoms with Gasteiger partial charge < -0.3 is 9.59 Å². The largest absolute Gasteiger partial charge is 1.00 e. The van der Waals surface area contributed by atoms with Crippen molar-refractivity contribution in [1.82, 2.24) is 0 Å². The van der Waals surface area contributed by atoms with E-state index in [4.69, 9.17) is 0 Å². The topological polar surface area (TPSA) is 34.1 Å². The summed E-state index contributed by atoms with van der Waals surface area (Å²) in [5.41, 5.74) is 0. The van der Waals surface area contributed by atoms with Crippen molar-refractivity contribution in [2.24, 2.45) is 5.92 Å². The molecule has 2 nitrogen and oxygen atoms in total. The molecule has 0 saturated carbocycles. The van der Waals surface area contributed by atoms with Crippen LogP contribution in [0.3, 0.4) is 0 Å². The summed E-state index contributed by atoms with van der Waals surface area (Å²) >= 11 is 0. The summed E-state index contributed by atoms with van der Waals surface area (Å²) in [6, 6.07) is 0. The van der Waals surface area contributed by atoms with Gasteiger partial charge in [0, 0.05) is 12.8 Å². The van der Waals surface area contributed by atoms with Gasteiger partial charge in [0.25, 0.3) is 0 Å². The van der Waals surface area contributed by atoms with Gasteiger partial charge in [-0.1, -0.05) is 6.92 Å². The van der Waals surface area contributed by atoms with E-state index in [1.807, 2.05) is 6.92 Å². The maximum absolute atomic E-state index is 9.77. The van der Waals surface area contributed by atoms with Crippen LogP contribution in [0.25, 0.3) is 0 Å². The SMILES string of the molecule is CC(CC=O)CC=O.[Na+]. The Labute approximate surface area is 77.3 Å². The summed E-state index contributed by atoms with van der Waals surface area (Å²) in [5, 5.41) is 0. The van der Waals surface area contributed by atoms with Crippen molar-refractivity contribution in [3.63, 3.8) is 0 Å². The van der Waals surface area contributed by atoms with Crippen LogP contribution in [0, 0.1) is 5.92 Å². The smallest absolute Gasteiger partial charge is 0.303 e. The molecule has 0 heterocycles. The molecule has 0 saturated heterocycles. The third kappa shape index (κ3) is 8.34. The normalized spacial score (nSPS) is 8.22. The fourth-order valence-corrected chi connectivity index (χ4v) is 0.425. The summed E-state index contributed by atoms with van der Waals surface area (Å²) in [4.78, 5) is 19.5. The third-order valence-corrected chi connectivity index (χ3v) is 0.997. The Hall–Kier alpha value is 0.340. The standard InChI is InChI=1S/C6H10O2.Na/c1-6(2-4-7)3-5-8;/h4-6H,2-3H2,1H3;/q;+1. The molecule has 9 heavy (non-hydrogen) atoms. The van der Waals surface area contributed by atoms with Crippen molar-refractivity contribution in [3.05, 3.63) is 0 Å². The Morgan fingerprint density at radius 1 is 1.22 bits per heavy atom. The third-order valence-electron chi connectivity index (χ3n) is 0.997. The van der Waals surface area contributed by atoms with E-state index < -0.39 is 0 Å². The number of carbonyl (C=O) groups is 2. The van der Waals surface area contributed by atoms with Crippen molar-refractivity contribution < 1.29 is 39.1 Å². The Bertz CT molecular complexity index is 73.1. The first-order valence-electron chi connectivity index (χ1n) is 2.68. The van der Waals surface area contributed by atoms with E-state index in [2.05, 4.69) is 0 Å². The van der Waals surface area contributed by atoms with Gasteiger partial charge in [0.2, 0.25) is 0 Å². The van der Waals surface area contributed by atoms with Crippen LogP contribution in [-0.4, -0.2) is 12.6 Å². The molecule has 0 aromatic carbocycles.